The van der Waals surface area contributed by atoms with Crippen LogP contribution in [0.15, 0.2) is 42.6 Å². The van der Waals surface area contributed by atoms with Crippen LogP contribution in [0.3, 0.4) is 0 Å². The first-order chi connectivity index (χ1) is 20.8. The highest BCUT2D eigenvalue weighted by Crippen LogP contribution is 2.37. The molecule has 8 nitrogen and oxygen atoms in total. The zero-order chi connectivity index (χ0) is 30.5. The average Bonchev–Trinajstić information content (AvgIpc) is 3.76. The second kappa shape index (κ2) is 13.7. The van der Waals surface area contributed by atoms with Crippen molar-refractivity contribution in [2.24, 2.45) is 0 Å². The van der Waals surface area contributed by atoms with E-state index >= 15 is 4.39 Å². The Bertz CT molecular complexity index is 1610. The Balaban J connectivity index is 0.000000185. The van der Waals surface area contributed by atoms with Crippen LogP contribution < -0.4 is 9.64 Å². The quantitative estimate of drug-likeness (QED) is 0.245. The molecule has 0 saturated carbocycles. The van der Waals surface area contributed by atoms with Crippen molar-refractivity contribution in [2.45, 2.75) is 44.3 Å². The number of ether oxygens (including phenoxy) is 1. The fourth-order valence-corrected chi connectivity index (χ4v) is 6.26. The lowest BCUT2D eigenvalue weighted by atomic mass is 10.0. The highest BCUT2D eigenvalue weighted by molar-refractivity contribution is 6.36. The van der Waals surface area contributed by atoms with E-state index in [4.69, 9.17) is 21.6 Å². The molecule has 2 unspecified atom stereocenters. The molecule has 2 aromatic carbocycles. The van der Waals surface area contributed by atoms with Gasteiger partial charge < -0.3 is 14.5 Å². The van der Waals surface area contributed by atoms with Gasteiger partial charge in [0.15, 0.2) is 12.0 Å². The fraction of sp³-hybridized carbons (Fsp3) is 0.438. The molecule has 3 saturated heterocycles. The summed E-state index contributed by atoms with van der Waals surface area (Å²) in [7, 11) is 5.08. The number of likely N-dealkylation sites (tertiary alicyclic amines) is 1. The van der Waals surface area contributed by atoms with E-state index in [-0.39, 0.29) is 17.2 Å². The Morgan fingerprint density at radius 1 is 1.07 bits per heavy atom. The van der Waals surface area contributed by atoms with E-state index in [1.54, 1.807) is 28.1 Å². The standard InChI is InChI=1S/C20H16ClFN4O.C7H12FN.C5H8N2/c1-26(2)19-13-10-23-17(16(22)18(13)24-20(25-19)27-3)12-8-4-6-11-7-5-9-14(21)15(11)12;8-6-4-7-2-1-3-9(7)5-6;6-5-7-3-1-2-4-7/h4-10H,1-3H3;6-7H,1-5H2;1-4H2. The molecule has 11 heteroatoms. The summed E-state index contributed by atoms with van der Waals surface area (Å²) < 4.78 is 33.3. The summed E-state index contributed by atoms with van der Waals surface area (Å²) in [5, 5.41) is 11.0. The molecule has 3 aliphatic heterocycles. The van der Waals surface area contributed by atoms with Crippen LogP contribution in [0.4, 0.5) is 14.6 Å². The minimum Gasteiger partial charge on any atom is -0.467 e. The van der Waals surface area contributed by atoms with E-state index in [9.17, 15) is 4.39 Å². The molecule has 0 spiro atoms. The molecule has 0 radical (unpaired) electrons. The lowest BCUT2D eigenvalue weighted by Gasteiger charge is -2.16. The highest BCUT2D eigenvalue weighted by atomic mass is 35.5. The molecule has 2 atom stereocenters. The van der Waals surface area contributed by atoms with Crippen molar-refractivity contribution >= 4 is 39.1 Å². The molecular weight excluding hydrogens is 572 g/mol. The van der Waals surface area contributed by atoms with Gasteiger partial charge in [-0.15, -0.1) is 0 Å². The lowest BCUT2D eigenvalue weighted by molar-refractivity contribution is 0.292. The number of methoxy groups -OCH3 is 1. The van der Waals surface area contributed by atoms with Crippen LogP contribution in [0, 0.1) is 17.3 Å². The van der Waals surface area contributed by atoms with Gasteiger partial charge in [0.1, 0.15) is 23.2 Å². The van der Waals surface area contributed by atoms with Crippen LogP contribution in [-0.2, 0) is 0 Å². The number of alkyl halides is 1. The van der Waals surface area contributed by atoms with Gasteiger partial charge in [-0.25, -0.2) is 8.78 Å². The van der Waals surface area contributed by atoms with Crippen LogP contribution in [-0.4, -0.2) is 84.3 Å². The van der Waals surface area contributed by atoms with Gasteiger partial charge in [0.25, 0.3) is 0 Å². The molecule has 7 rings (SSSR count). The van der Waals surface area contributed by atoms with Crippen molar-refractivity contribution in [2.75, 3.05) is 52.3 Å². The number of anilines is 1. The molecule has 226 valence electrons. The Kier molecular flexibility index (Phi) is 9.73. The molecule has 5 heterocycles. The molecule has 4 aromatic rings. The Hall–Kier alpha value is -3.81. The molecule has 0 amide bonds. The van der Waals surface area contributed by atoms with E-state index < -0.39 is 12.0 Å². The van der Waals surface area contributed by atoms with E-state index in [2.05, 4.69) is 26.0 Å². The number of aromatic nitrogens is 3. The molecule has 2 aromatic heterocycles. The van der Waals surface area contributed by atoms with Gasteiger partial charge in [0.05, 0.1) is 12.5 Å². The molecule has 0 bridgehead atoms. The number of rotatable bonds is 3. The average molecular weight is 608 g/mol. The number of hydrogen-bond donors (Lipinski definition) is 0. The Morgan fingerprint density at radius 2 is 1.81 bits per heavy atom. The van der Waals surface area contributed by atoms with Crippen LogP contribution in [0.25, 0.3) is 32.9 Å². The minimum atomic E-state index is -0.538. The Labute approximate surface area is 255 Å². The van der Waals surface area contributed by atoms with Crippen LogP contribution in [0.2, 0.25) is 5.02 Å². The first kappa shape index (κ1) is 30.6. The van der Waals surface area contributed by atoms with Crippen molar-refractivity contribution in [3.8, 4) is 23.5 Å². The zero-order valence-corrected chi connectivity index (χ0v) is 25.5. The minimum absolute atomic E-state index is 0.0956. The zero-order valence-electron chi connectivity index (χ0n) is 24.7. The van der Waals surface area contributed by atoms with Gasteiger partial charge in [-0.05, 0) is 50.1 Å². The van der Waals surface area contributed by atoms with Gasteiger partial charge in [0, 0.05) is 61.9 Å². The van der Waals surface area contributed by atoms with E-state index in [0.29, 0.717) is 34.4 Å². The summed E-state index contributed by atoms with van der Waals surface area (Å²) in [6.07, 6.45) is 8.90. The predicted octanol–water partition coefficient (Wildman–Crippen LogP) is 6.47. The van der Waals surface area contributed by atoms with Gasteiger partial charge in [-0.2, -0.15) is 15.2 Å². The third-order valence-electron chi connectivity index (χ3n) is 8.07. The lowest BCUT2D eigenvalue weighted by Crippen LogP contribution is -2.22. The molecule has 43 heavy (non-hydrogen) atoms. The van der Waals surface area contributed by atoms with Crippen LogP contribution in [0.5, 0.6) is 6.01 Å². The molecule has 3 aliphatic rings. The number of benzene rings is 2. The molecule has 3 fully saturated rings. The molecule has 0 N–H and O–H groups in total. The summed E-state index contributed by atoms with van der Waals surface area (Å²) in [4.78, 5) is 18.7. The predicted molar refractivity (Wildman–Crippen MR) is 167 cm³/mol. The summed E-state index contributed by atoms with van der Waals surface area (Å²) in [6.45, 7) is 3.82. The maximum atomic E-state index is 15.5. The number of fused-ring (bicyclic) bond motifs is 3. The van der Waals surface area contributed by atoms with Crippen molar-refractivity contribution in [1.82, 2.24) is 24.8 Å². The number of hydrogen-bond acceptors (Lipinski definition) is 8. The fourth-order valence-electron chi connectivity index (χ4n) is 5.98. The largest absolute Gasteiger partial charge is 0.467 e. The van der Waals surface area contributed by atoms with Crippen LogP contribution in [0.1, 0.15) is 32.1 Å². The van der Waals surface area contributed by atoms with Gasteiger partial charge in [-0.3, -0.25) is 9.88 Å². The third-order valence-corrected chi connectivity index (χ3v) is 8.38. The van der Waals surface area contributed by atoms with Crippen molar-refractivity contribution in [3.63, 3.8) is 0 Å². The van der Waals surface area contributed by atoms with Gasteiger partial charge in [-0.1, -0.05) is 41.9 Å². The molecular formula is C32H36ClF2N7O. The highest BCUT2D eigenvalue weighted by Gasteiger charge is 2.34. The Morgan fingerprint density at radius 3 is 2.47 bits per heavy atom. The smallest absolute Gasteiger partial charge is 0.318 e. The normalized spacial score (nSPS) is 19.3. The van der Waals surface area contributed by atoms with E-state index in [1.807, 2.05) is 38.4 Å². The van der Waals surface area contributed by atoms with Crippen molar-refractivity contribution < 1.29 is 13.5 Å². The number of pyridine rings is 1. The summed E-state index contributed by atoms with van der Waals surface area (Å²) in [6, 6.07) is 11.9. The number of halogens is 3. The van der Waals surface area contributed by atoms with Crippen LogP contribution >= 0.6 is 11.6 Å². The second-order valence-electron chi connectivity index (χ2n) is 11.2. The molecule has 0 aliphatic carbocycles. The summed E-state index contributed by atoms with van der Waals surface area (Å²) in [5.41, 5.74) is 0.952. The number of nitriles is 1. The van der Waals surface area contributed by atoms with Gasteiger partial charge in [0.2, 0.25) is 0 Å². The first-order valence-electron chi connectivity index (χ1n) is 14.6. The number of nitrogens with zero attached hydrogens (tertiary/aromatic N) is 7. The van der Waals surface area contributed by atoms with Crippen molar-refractivity contribution in [3.05, 3.63) is 53.4 Å². The first-order valence-corrected chi connectivity index (χ1v) is 15.0. The SMILES string of the molecule is COc1nc(N(C)C)c2cnc(-c3cccc4cccc(Cl)c34)c(F)c2n1.FC1CC2CCCN2C1.N#CN1CCCC1. The van der Waals surface area contributed by atoms with E-state index in [1.165, 1.54) is 32.8 Å². The third kappa shape index (κ3) is 6.73. The van der Waals surface area contributed by atoms with Gasteiger partial charge >= 0.3 is 6.01 Å². The van der Waals surface area contributed by atoms with E-state index in [0.717, 1.165) is 36.8 Å². The second-order valence-corrected chi connectivity index (χ2v) is 11.6. The summed E-state index contributed by atoms with van der Waals surface area (Å²) in [5.74, 6) is -0.00512. The van der Waals surface area contributed by atoms with Crippen molar-refractivity contribution in [1.29, 1.82) is 5.26 Å². The maximum Gasteiger partial charge on any atom is 0.318 e. The maximum absolute atomic E-state index is 15.5. The summed E-state index contributed by atoms with van der Waals surface area (Å²) >= 11 is 6.39. The monoisotopic (exact) mass is 607 g/mol. The topological polar surface area (TPSA) is 81.4 Å².